The lowest BCUT2D eigenvalue weighted by molar-refractivity contribution is -0.144. The summed E-state index contributed by atoms with van der Waals surface area (Å²) in [5.41, 5.74) is 2.08. The summed E-state index contributed by atoms with van der Waals surface area (Å²) in [7, 11) is 0. The van der Waals surface area contributed by atoms with Gasteiger partial charge in [0.25, 0.3) is 0 Å². The lowest BCUT2D eigenvalue weighted by atomic mass is 10.4. The zero-order valence-electron chi connectivity index (χ0n) is 11.1. The summed E-state index contributed by atoms with van der Waals surface area (Å²) in [6.07, 6.45) is -3.02. The van der Waals surface area contributed by atoms with E-state index in [0.717, 1.165) is 6.42 Å². The molecule has 0 radical (unpaired) electrons. The van der Waals surface area contributed by atoms with Crippen molar-refractivity contribution in [2.24, 2.45) is 5.84 Å². The fourth-order valence-corrected chi connectivity index (χ4v) is 1.38. The second kappa shape index (κ2) is 7.85. The van der Waals surface area contributed by atoms with Crippen LogP contribution >= 0.6 is 0 Å². The summed E-state index contributed by atoms with van der Waals surface area (Å²) in [5, 5.41) is 2.78. The van der Waals surface area contributed by atoms with E-state index in [1.54, 1.807) is 0 Å². The Bertz CT molecular complexity index is 414. The van der Waals surface area contributed by atoms with Gasteiger partial charge in [-0.3, -0.25) is 0 Å². The predicted molar refractivity (Wildman–Crippen MR) is 69.1 cm³/mol. The second-order valence-electron chi connectivity index (χ2n) is 4.00. The van der Waals surface area contributed by atoms with E-state index in [-0.39, 0.29) is 11.6 Å². The molecule has 1 aromatic rings. The van der Waals surface area contributed by atoms with Crippen molar-refractivity contribution in [3.8, 4) is 0 Å². The molecule has 20 heavy (non-hydrogen) atoms. The van der Waals surface area contributed by atoms with Crippen molar-refractivity contribution in [2.45, 2.75) is 25.9 Å². The zero-order valence-corrected chi connectivity index (χ0v) is 11.1. The van der Waals surface area contributed by atoms with E-state index in [1.807, 2.05) is 6.92 Å². The van der Waals surface area contributed by atoms with Crippen LogP contribution in [0.4, 0.5) is 24.8 Å². The molecular weight excluding hydrogens is 275 g/mol. The first-order valence-corrected chi connectivity index (χ1v) is 6.22. The number of hydrazine groups is 1. The number of halogens is 3. The van der Waals surface area contributed by atoms with Crippen molar-refractivity contribution < 1.29 is 17.9 Å². The number of hydrogen-bond acceptors (Lipinski definition) is 6. The van der Waals surface area contributed by atoms with Crippen molar-refractivity contribution in [3.63, 3.8) is 0 Å². The van der Waals surface area contributed by atoms with Gasteiger partial charge in [0, 0.05) is 25.8 Å². The minimum Gasteiger partial charge on any atom is -0.381 e. The van der Waals surface area contributed by atoms with Gasteiger partial charge in [-0.2, -0.15) is 13.2 Å². The Morgan fingerprint density at radius 1 is 1.25 bits per heavy atom. The summed E-state index contributed by atoms with van der Waals surface area (Å²) in [5.74, 6) is 3.81. The molecule has 0 spiro atoms. The van der Waals surface area contributed by atoms with Gasteiger partial charge in [0.2, 0.25) is 5.82 Å². The minimum atomic E-state index is -4.62. The van der Waals surface area contributed by atoms with E-state index >= 15 is 0 Å². The highest BCUT2D eigenvalue weighted by molar-refractivity contribution is 5.47. The van der Waals surface area contributed by atoms with Crippen LogP contribution in [-0.2, 0) is 10.9 Å². The van der Waals surface area contributed by atoms with E-state index in [9.17, 15) is 13.2 Å². The lowest BCUT2D eigenvalue weighted by Crippen LogP contribution is -2.17. The smallest absolute Gasteiger partial charge is 0.381 e. The van der Waals surface area contributed by atoms with Gasteiger partial charge in [-0.1, -0.05) is 6.92 Å². The number of nitrogens with one attached hydrogen (secondary N) is 2. The van der Waals surface area contributed by atoms with Crippen LogP contribution in [0.3, 0.4) is 0 Å². The average molecular weight is 293 g/mol. The fraction of sp³-hybridized carbons (Fsp3) is 0.636. The summed E-state index contributed by atoms with van der Waals surface area (Å²) < 4.78 is 43.0. The Labute approximate surface area is 114 Å². The Morgan fingerprint density at radius 3 is 2.55 bits per heavy atom. The summed E-state index contributed by atoms with van der Waals surface area (Å²) >= 11 is 0. The van der Waals surface area contributed by atoms with Crippen molar-refractivity contribution >= 4 is 11.6 Å². The molecule has 1 aromatic heterocycles. The van der Waals surface area contributed by atoms with E-state index in [4.69, 9.17) is 10.6 Å². The van der Waals surface area contributed by atoms with E-state index < -0.39 is 12.0 Å². The highest BCUT2D eigenvalue weighted by Gasteiger charge is 2.35. The van der Waals surface area contributed by atoms with Gasteiger partial charge >= 0.3 is 6.18 Å². The van der Waals surface area contributed by atoms with E-state index in [2.05, 4.69) is 20.7 Å². The second-order valence-corrected chi connectivity index (χ2v) is 4.00. The van der Waals surface area contributed by atoms with Crippen LogP contribution in [0, 0.1) is 0 Å². The van der Waals surface area contributed by atoms with Crippen LogP contribution in [0.15, 0.2) is 6.07 Å². The van der Waals surface area contributed by atoms with Crippen molar-refractivity contribution in [1.29, 1.82) is 0 Å². The van der Waals surface area contributed by atoms with Gasteiger partial charge in [-0.15, -0.1) is 0 Å². The number of aromatic nitrogens is 2. The van der Waals surface area contributed by atoms with Crippen LogP contribution in [0.5, 0.6) is 0 Å². The minimum absolute atomic E-state index is 0.0655. The number of hydrogen-bond donors (Lipinski definition) is 3. The molecule has 0 aliphatic carbocycles. The molecule has 0 aromatic carbocycles. The summed E-state index contributed by atoms with van der Waals surface area (Å²) in [6.45, 7) is 3.66. The van der Waals surface area contributed by atoms with Crippen LogP contribution in [0.25, 0.3) is 0 Å². The third kappa shape index (κ3) is 5.57. The molecule has 0 unspecified atom stereocenters. The first-order chi connectivity index (χ1) is 9.47. The lowest BCUT2D eigenvalue weighted by Gasteiger charge is -2.11. The summed E-state index contributed by atoms with van der Waals surface area (Å²) in [6, 6.07) is 1.31. The zero-order chi connectivity index (χ0) is 15.0. The van der Waals surface area contributed by atoms with Crippen LogP contribution in [0.1, 0.15) is 25.6 Å². The maximum absolute atomic E-state index is 12.6. The van der Waals surface area contributed by atoms with Gasteiger partial charge in [0.05, 0.1) is 0 Å². The number of anilines is 2. The Balaban J connectivity index is 2.56. The molecule has 4 N–H and O–H groups in total. The largest absolute Gasteiger partial charge is 0.451 e. The Morgan fingerprint density at radius 2 is 1.95 bits per heavy atom. The molecule has 0 saturated carbocycles. The SMILES string of the molecule is CCCOCCCNc1cc(NN)nc(C(F)(F)F)n1. The number of nitrogens with two attached hydrogens (primary N) is 1. The van der Waals surface area contributed by atoms with Gasteiger partial charge < -0.3 is 15.5 Å². The number of nitrogen functional groups attached to an aromatic ring is 1. The third-order valence-corrected chi connectivity index (χ3v) is 2.25. The monoisotopic (exact) mass is 293 g/mol. The third-order valence-electron chi connectivity index (χ3n) is 2.25. The predicted octanol–water partition coefficient (Wildman–Crippen LogP) is 2.01. The Hall–Kier alpha value is -1.61. The molecule has 0 amide bonds. The number of alkyl halides is 3. The van der Waals surface area contributed by atoms with Crippen molar-refractivity contribution in [2.75, 3.05) is 30.5 Å². The number of nitrogens with zero attached hydrogens (tertiary/aromatic N) is 2. The topological polar surface area (TPSA) is 85.1 Å². The van der Waals surface area contributed by atoms with Crippen LogP contribution in [0.2, 0.25) is 0 Å². The van der Waals surface area contributed by atoms with Gasteiger partial charge in [-0.25, -0.2) is 15.8 Å². The molecule has 0 fully saturated rings. The van der Waals surface area contributed by atoms with Gasteiger partial charge in [0.15, 0.2) is 0 Å². The van der Waals surface area contributed by atoms with Gasteiger partial charge in [-0.05, 0) is 12.8 Å². The normalized spacial score (nSPS) is 11.4. The standard InChI is InChI=1S/C11H18F3N5O/c1-2-5-20-6-3-4-16-8-7-9(19-15)18-10(17-8)11(12,13)14/h7H,2-6,15H2,1H3,(H2,16,17,18,19). The average Bonchev–Trinajstić information content (AvgIpc) is 2.41. The quantitative estimate of drug-likeness (QED) is 0.386. The first-order valence-electron chi connectivity index (χ1n) is 6.22. The molecule has 0 saturated heterocycles. The molecular formula is C11H18F3N5O. The molecule has 114 valence electrons. The molecule has 1 heterocycles. The maximum atomic E-state index is 12.6. The van der Waals surface area contributed by atoms with E-state index in [0.29, 0.717) is 26.2 Å². The first kappa shape index (κ1) is 16.4. The molecule has 0 atom stereocenters. The van der Waals surface area contributed by atoms with Crippen LogP contribution < -0.4 is 16.6 Å². The number of rotatable bonds is 8. The highest BCUT2D eigenvalue weighted by atomic mass is 19.4. The molecule has 1 rings (SSSR count). The molecule has 0 aliphatic rings. The fourth-order valence-electron chi connectivity index (χ4n) is 1.38. The summed E-state index contributed by atoms with van der Waals surface area (Å²) in [4.78, 5) is 6.66. The molecule has 9 heteroatoms. The molecule has 6 nitrogen and oxygen atoms in total. The molecule has 0 bridgehead atoms. The van der Waals surface area contributed by atoms with Crippen molar-refractivity contribution in [3.05, 3.63) is 11.9 Å². The highest BCUT2D eigenvalue weighted by Crippen LogP contribution is 2.28. The molecule has 0 aliphatic heterocycles. The van der Waals surface area contributed by atoms with Gasteiger partial charge in [0.1, 0.15) is 11.6 Å². The van der Waals surface area contributed by atoms with Crippen LogP contribution in [-0.4, -0.2) is 29.7 Å². The van der Waals surface area contributed by atoms with E-state index in [1.165, 1.54) is 6.07 Å². The maximum Gasteiger partial charge on any atom is 0.451 e. The number of ether oxygens (including phenoxy) is 1. The van der Waals surface area contributed by atoms with Crippen molar-refractivity contribution in [1.82, 2.24) is 9.97 Å². The Kier molecular flexibility index (Phi) is 6.46.